The zero-order valence-corrected chi connectivity index (χ0v) is 15.9. The van der Waals surface area contributed by atoms with E-state index in [2.05, 4.69) is 16.8 Å². The Hall–Kier alpha value is -3.22. The van der Waals surface area contributed by atoms with E-state index in [9.17, 15) is 10.1 Å². The average molecular weight is 378 g/mol. The number of benzene rings is 1. The first kappa shape index (κ1) is 18.2. The summed E-state index contributed by atoms with van der Waals surface area (Å²) in [5.41, 5.74) is 1.49. The summed E-state index contributed by atoms with van der Waals surface area (Å²) in [7, 11) is 0. The molecular weight excluding hydrogens is 356 g/mol. The Morgan fingerprint density at radius 1 is 1.21 bits per heavy atom. The van der Waals surface area contributed by atoms with Crippen molar-refractivity contribution in [1.29, 1.82) is 0 Å². The Labute approximate surface area is 163 Å². The van der Waals surface area contributed by atoms with Gasteiger partial charge < -0.3 is 9.32 Å². The molecule has 0 aliphatic carbocycles. The first-order chi connectivity index (χ1) is 13.5. The van der Waals surface area contributed by atoms with Gasteiger partial charge in [-0.2, -0.15) is 0 Å². The van der Waals surface area contributed by atoms with Crippen molar-refractivity contribution in [3.63, 3.8) is 0 Å². The molecule has 144 valence electrons. The Bertz CT molecular complexity index is 987. The van der Waals surface area contributed by atoms with Gasteiger partial charge in [0.25, 0.3) is 5.69 Å². The highest BCUT2D eigenvalue weighted by atomic mass is 16.6. The lowest BCUT2D eigenvalue weighted by molar-refractivity contribution is -0.384. The highest BCUT2D eigenvalue weighted by Gasteiger charge is 2.31. The first-order valence-electron chi connectivity index (χ1n) is 9.42. The van der Waals surface area contributed by atoms with Crippen molar-refractivity contribution in [2.24, 2.45) is 5.92 Å². The third kappa shape index (κ3) is 3.60. The molecule has 1 aromatic carbocycles. The van der Waals surface area contributed by atoms with Gasteiger partial charge >= 0.3 is 0 Å². The van der Waals surface area contributed by atoms with Crippen LogP contribution in [0.2, 0.25) is 0 Å². The van der Waals surface area contributed by atoms with Crippen LogP contribution < -0.4 is 4.90 Å². The van der Waals surface area contributed by atoms with E-state index in [1.165, 1.54) is 12.1 Å². The third-order valence-electron chi connectivity index (χ3n) is 5.19. The minimum Gasteiger partial charge on any atom is -0.467 e. The summed E-state index contributed by atoms with van der Waals surface area (Å²) in [6.45, 7) is 5.05. The van der Waals surface area contributed by atoms with Crippen LogP contribution in [0.25, 0.3) is 11.4 Å². The van der Waals surface area contributed by atoms with Crippen LogP contribution in [0.3, 0.4) is 0 Å². The fraction of sp³-hybridized carbons (Fsp3) is 0.333. The normalized spacial score (nSPS) is 19.6. The molecule has 0 bridgehead atoms. The van der Waals surface area contributed by atoms with Gasteiger partial charge in [-0.3, -0.25) is 10.1 Å². The second-order valence-electron chi connectivity index (χ2n) is 7.35. The van der Waals surface area contributed by atoms with Crippen molar-refractivity contribution < 1.29 is 9.34 Å². The van der Waals surface area contributed by atoms with Gasteiger partial charge in [0.1, 0.15) is 11.6 Å². The molecule has 0 unspecified atom stereocenters. The van der Waals surface area contributed by atoms with Gasteiger partial charge in [0.05, 0.1) is 17.2 Å². The maximum atomic E-state index is 11.1. The summed E-state index contributed by atoms with van der Waals surface area (Å²) in [4.78, 5) is 22.3. The summed E-state index contributed by atoms with van der Waals surface area (Å²) in [5, 5.41) is 11.1. The topological polar surface area (TPSA) is 85.3 Å². The van der Waals surface area contributed by atoms with E-state index in [0.717, 1.165) is 36.7 Å². The average Bonchev–Trinajstić information content (AvgIpc) is 3.22. The Kier molecular flexibility index (Phi) is 4.81. The number of hydrogen-bond acceptors (Lipinski definition) is 6. The Balaban J connectivity index is 1.74. The number of hydrogen-bond donors (Lipinski definition) is 0. The molecule has 28 heavy (non-hydrogen) atoms. The first-order valence-corrected chi connectivity index (χ1v) is 9.42. The van der Waals surface area contributed by atoms with Crippen LogP contribution in [0.1, 0.15) is 37.3 Å². The summed E-state index contributed by atoms with van der Waals surface area (Å²) < 4.78 is 5.70. The molecule has 0 radical (unpaired) electrons. The van der Waals surface area contributed by atoms with Crippen molar-refractivity contribution in [2.75, 3.05) is 11.4 Å². The number of anilines is 1. The zero-order valence-electron chi connectivity index (χ0n) is 15.9. The van der Waals surface area contributed by atoms with Gasteiger partial charge in [0, 0.05) is 36.0 Å². The molecule has 1 saturated heterocycles. The molecule has 7 nitrogen and oxygen atoms in total. The minimum absolute atomic E-state index is 0.0319. The van der Waals surface area contributed by atoms with Crippen molar-refractivity contribution in [1.82, 2.24) is 9.97 Å². The summed E-state index contributed by atoms with van der Waals surface area (Å²) in [6, 6.07) is 12.4. The number of nitro benzene ring substituents is 1. The van der Waals surface area contributed by atoms with E-state index in [1.807, 2.05) is 25.1 Å². The highest BCUT2D eigenvalue weighted by molar-refractivity contribution is 5.61. The zero-order chi connectivity index (χ0) is 19.7. The number of nitro groups is 1. The van der Waals surface area contributed by atoms with Crippen LogP contribution in [-0.2, 0) is 0 Å². The molecule has 2 aromatic heterocycles. The van der Waals surface area contributed by atoms with Crippen molar-refractivity contribution in [3.8, 4) is 11.4 Å². The second-order valence-corrected chi connectivity index (χ2v) is 7.35. The second kappa shape index (κ2) is 7.42. The molecular formula is C21H22N4O3. The molecule has 2 atom stereocenters. The maximum Gasteiger partial charge on any atom is 0.270 e. The lowest BCUT2D eigenvalue weighted by Gasteiger charge is -2.38. The number of non-ortho nitro benzene ring substituents is 1. The molecule has 0 spiro atoms. The Morgan fingerprint density at radius 2 is 2.07 bits per heavy atom. The van der Waals surface area contributed by atoms with Crippen LogP contribution in [0.15, 0.2) is 53.1 Å². The molecule has 1 fully saturated rings. The summed E-state index contributed by atoms with van der Waals surface area (Å²) >= 11 is 0. The van der Waals surface area contributed by atoms with Gasteiger partial charge in [-0.25, -0.2) is 9.97 Å². The number of aryl methyl sites for hydroxylation is 1. The van der Waals surface area contributed by atoms with E-state index >= 15 is 0 Å². The molecule has 0 N–H and O–H groups in total. The van der Waals surface area contributed by atoms with E-state index < -0.39 is 4.92 Å². The number of furan rings is 1. The van der Waals surface area contributed by atoms with Crippen LogP contribution in [0, 0.1) is 23.0 Å². The SMILES string of the molecule is Cc1cc(N2CC[C@H](C)C[C@@H]2c2ccco2)nc(-c2cccc([N+](=O)[O-])c2)n1. The predicted octanol–water partition coefficient (Wildman–Crippen LogP) is 4.93. The molecule has 3 aromatic rings. The van der Waals surface area contributed by atoms with Gasteiger partial charge in [-0.1, -0.05) is 19.1 Å². The molecule has 3 heterocycles. The molecule has 0 amide bonds. The van der Waals surface area contributed by atoms with Crippen molar-refractivity contribution in [2.45, 2.75) is 32.7 Å². The fourth-order valence-electron chi connectivity index (χ4n) is 3.75. The molecule has 0 saturated carbocycles. The maximum absolute atomic E-state index is 11.1. The number of nitrogens with zero attached hydrogens (tertiary/aromatic N) is 4. The van der Waals surface area contributed by atoms with Crippen LogP contribution >= 0.6 is 0 Å². The lowest BCUT2D eigenvalue weighted by Crippen LogP contribution is -2.36. The smallest absolute Gasteiger partial charge is 0.270 e. The molecule has 1 aliphatic rings. The minimum atomic E-state index is -0.404. The van der Waals surface area contributed by atoms with E-state index in [1.54, 1.807) is 18.4 Å². The van der Waals surface area contributed by atoms with Gasteiger partial charge in [-0.05, 0) is 37.8 Å². The van der Waals surface area contributed by atoms with Gasteiger partial charge in [0.2, 0.25) is 0 Å². The van der Waals surface area contributed by atoms with E-state index in [0.29, 0.717) is 17.3 Å². The van der Waals surface area contributed by atoms with E-state index in [-0.39, 0.29) is 11.7 Å². The molecule has 1 aliphatic heterocycles. The third-order valence-corrected chi connectivity index (χ3v) is 5.19. The number of rotatable bonds is 4. The molecule has 7 heteroatoms. The fourth-order valence-corrected chi connectivity index (χ4v) is 3.75. The summed E-state index contributed by atoms with van der Waals surface area (Å²) in [5.74, 6) is 2.85. The lowest BCUT2D eigenvalue weighted by atomic mass is 9.91. The van der Waals surface area contributed by atoms with Gasteiger partial charge in [0.15, 0.2) is 5.82 Å². The van der Waals surface area contributed by atoms with Crippen LogP contribution in [0.4, 0.5) is 11.5 Å². The number of piperidine rings is 1. The monoisotopic (exact) mass is 378 g/mol. The van der Waals surface area contributed by atoms with Gasteiger partial charge in [-0.15, -0.1) is 0 Å². The predicted molar refractivity (Wildman–Crippen MR) is 106 cm³/mol. The standard InChI is InChI=1S/C21H22N4O3/c1-14-8-9-24(18(11-14)19-7-4-10-28-19)20-12-15(2)22-21(23-20)16-5-3-6-17(13-16)25(26)27/h3-7,10,12-14,18H,8-9,11H2,1-2H3/t14-,18+/m0/s1. The molecule has 4 rings (SSSR count). The van der Waals surface area contributed by atoms with Crippen LogP contribution in [0.5, 0.6) is 0 Å². The quantitative estimate of drug-likeness (QED) is 0.473. The summed E-state index contributed by atoms with van der Waals surface area (Å²) in [6.07, 6.45) is 3.77. The van der Waals surface area contributed by atoms with Crippen LogP contribution in [-0.4, -0.2) is 21.4 Å². The van der Waals surface area contributed by atoms with E-state index in [4.69, 9.17) is 9.40 Å². The van der Waals surface area contributed by atoms with Crippen molar-refractivity contribution in [3.05, 3.63) is 70.3 Å². The Morgan fingerprint density at radius 3 is 2.82 bits per heavy atom. The number of aromatic nitrogens is 2. The largest absolute Gasteiger partial charge is 0.467 e. The van der Waals surface area contributed by atoms with Crippen molar-refractivity contribution >= 4 is 11.5 Å². The highest BCUT2D eigenvalue weighted by Crippen LogP contribution is 2.37.